The molecule has 276 valence electrons. The first-order valence-corrected chi connectivity index (χ1v) is 18.0. The molecule has 0 aromatic heterocycles. The first-order valence-electron chi connectivity index (χ1n) is 17.0. The number of nitrogens with two attached hydrogens (primary N) is 1. The van der Waals surface area contributed by atoms with Gasteiger partial charge >= 0.3 is 0 Å². The lowest BCUT2D eigenvalue weighted by Gasteiger charge is -2.40. The quantitative estimate of drug-likeness (QED) is 0.137. The minimum atomic E-state index is -1.82. The van der Waals surface area contributed by atoms with E-state index in [0.717, 1.165) is 16.3 Å². The summed E-state index contributed by atoms with van der Waals surface area (Å²) in [7, 11) is 0. The molecule has 0 bridgehead atoms. The fourth-order valence-corrected chi connectivity index (χ4v) is 7.49. The molecule has 0 spiro atoms. The molecule has 0 saturated carbocycles. The second kappa shape index (κ2) is 16.4. The van der Waals surface area contributed by atoms with Crippen molar-refractivity contribution in [3.05, 3.63) is 78.4 Å². The van der Waals surface area contributed by atoms with Crippen LogP contribution in [0.25, 0.3) is 10.8 Å². The molecule has 7 N–H and O–H groups in total. The zero-order valence-electron chi connectivity index (χ0n) is 30.1. The summed E-state index contributed by atoms with van der Waals surface area (Å²) in [6, 6.07) is 19.0. The largest absolute Gasteiger partial charge is 0.483 e. The van der Waals surface area contributed by atoms with Crippen molar-refractivity contribution in [2.75, 3.05) is 19.0 Å². The number of amides is 4. The van der Waals surface area contributed by atoms with Gasteiger partial charge in [-0.25, -0.2) is 0 Å². The SMILES string of the molecule is CC(C)(C)NC(=O)C1N(CC(C)(O)C(O)C(Cc2ccccc2)NC(=O)C(CC(N)=O)NC(=O)COc2cccc3ccccc23)CSC1(C)C. The summed E-state index contributed by atoms with van der Waals surface area (Å²) in [4.78, 5) is 54.1. The van der Waals surface area contributed by atoms with Crippen molar-refractivity contribution in [1.82, 2.24) is 20.9 Å². The van der Waals surface area contributed by atoms with Crippen molar-refractivity contribution >= 4 is 46.2 Å². The second-order valence-corrected chi connectivity index (χ2v) is 16.5. The second-order valence-electron chi connectivity index (χ2n) is 14.9. The number of thioether (sulfide) groups is 1. The summed E-state index contributed by atoms with van der Waals surface area (Å²) in [5.41, 5.74) is 3.95. The van der Waals surface area contributed by atoms with E-state index in [4.69, 9.17) is 10.5 Å². The fraction of sp³-hybridized carbons (Fsp3) is 0.474. The molecule has 5 atom stereocenters. The third kappa shape index (κ3) is 10.9. The van der Waals surface area contributed by atoms with Crippen molar-refractivity contribution in [2.24, 2.45) is 5.73 Å². The number of aliphatic hydroxyl groups is 2. The highest BCUT2D eigenvalue weighted by molar-refractivity contribution is 8.00. The molecule has 51 heavy (non-hydrogen) atoms. The van der Waals surface area contributed by atoms with Gasteiger partial charge in [0.05, 0.1) is 12.5 Å². The Morgan fingerprint density at radius 2 is 1.63 bits per heavy atom. The molecule has 0 aliphatic carbocycles. The smallest absolute Gasteiger partial charge is 0.258 e. The maximum Gasteiger partial charge on any atom is 0.258 e. The molecular weight excluding hydrogens is 671 g/mol. The average molecular weight is 722 g/mol. The molecule has 5 unspecified atom stereocenters. The minimum absolute atomic E-state index is 0.0824. The highest BCUT2D eigenvalue weighted by atomic mass is 32.2. The van der Waals surface area contributed by atoms with E-state index >= 15 is 0 Å². The van der Waals surface area contributed by atoms with Gasteiger partial charge in [-0.05, 0) is 65.0 Å². The first kappa shape index (κ1) is 39.6. The third-order valence-electron chi connectivity index (χ3n) is 8.71. The number of nitrogens with zero attached hydrogens (tertiary/aromatic N) is 1. The number of hydrogen-bond donors (Lipinski definition) is 6. The van der Waals surface area contributed by atoms with Crippen LogP contribution < -0.4 is 26.4 Å². The Morgan fingerprint density at radius 1 is 0.980 bits per heavy atom. The number of benzene rings is 3. The van der Waals surface area contributed by atoms with Crippen molar-refractivity contribution in [2.45, 2.75) is 94.5 Å². The average Bonchev–Trinajstić information content (AvgIpc) is 3.34. The van der Waals surface area contributed by atoms with E-state index in [1.54, 1.807) is 23.9 Å². The van der Waals surface area contributed by atoms with E-state index < -0.39 is 70.9 Å². The van der Waals surface area contributed by atoms with Crippen LogP contribution >= 0.6 is 11.8 Å². The van der Waals surface area contributed by atoms with Crippen LogP contribution in [0.2, 0.25) is 0 Å². The maximum absolute atomic E-state index is 13.8. The zero-order chi connectivity index (χ0) is 37.6. The van der Waals surface area contributed by atoms with Crippen molar-refractivity contribution in [3.63, 3.8) is 0 Å². The van der Waals surface area contributed by atoms with E-state index in [2.05, 4.69) is 16.0 Å². The lowest BCUT2D eigenvalue weighted by Crippen LogP contribution is -2.63. The van der Waals surface area contributed by atoms with E-state index in [-0.39, 0.29) is 18.9 Å². The fourth-order valence-electron chi connectivity index (χ4n) is 6.34. The molecule has 1 saturated heterocycles. The lowest BCUT2D eigenvalue weighted by molar-refractivity contribution is -0.136. The Hall–Kier alpha value is -4.17. The molecule has 12 nitrogen and oxygen atoms in total. The van der Waals surface area contributed by atoms with Crippen molar-refractivity contribution in [1.29, 1.82) is 0 Å². The lowest BCUT2D eigenvalue weighted by atomic mass is 9.87. The number of aliphatic hydroxyl groups excluding tert-OH is 1. The van der Waals surface area contributed by atoms with E-state index in [0.29, 0.717) is 11.6 Å². The first-order chi connectivity index (χ1) is 23.9. The summed E-state index contributed by atoms with van der Waals surface area (Å²) in [5, 5.41) is 33.7. The summed E-state index contributed by atoms with van der Waals surface area (Å²) in [6.07, 6.45) is -1.94. The van der Waals surface area contributed by atoms with E-state index in [1.165, 1.54) is 6.92 Å². The van der Waals surface area contributed by atoms with Gasteiger partial charge in [0.25, 0.3) is 5.91 Å². The Bertz CT molecular complexity index is 1690. The van der Waals surface area contributed by atoms with Crippen LogP contribution in [0.5, 0.6) is 5.75 Å². The third-order valence-corrected chi connectivity index (χ3v) is 10.1. The van der Waals surface area contributed by atoms with Crippen LogP contribution in [0.4, 0.5) is 0 Å². The molecule has 0 radical (unpaired) electrons. The van der Waals surface area contributed by atoms with Crippen molar-refractivity contribution < 1.29 is 34.1 Å². The normalized spacial score (nSPS) is 18.9. The molecule has 4 rings (SSSR count). The summed E-state index contributed by atoms with van der Waals surface area (Å²) in [6.45, 7) is 10.6. The summed E-state index contributed by atoms with van der Waals surface area (Å²) in [5.74, 6) is -1.54. The Morgan fingerprint density at radius 3 is 2.29 bits per heavy atom. The maximum atomic E-state index is 13.8. The predicted octanol–water partition coefficient (Wildman–Crippen LogP) is 2.49. The molecule has 3 aromatic carbocycles. The minimum Gasteiger partial charge on any atom is -0.483 e. The number of carbonyl (C=O) groups excluding carboxylic acids is 4. The number of primary amides is 1. The monoisotopic (exact) mass is 721 g/mol. The van der Waals surface area contributed by atoms with Gasteiger partial charge in [-0.3, -0.25) is 24.1 Å². The summed E-state index contributed by atoms with van der Waals surface area (Å²) >= 11 is 1.57. The van der Waals surface area contributed by atoms with Gasteiger partial charge in [0.2, 0.25) is 17.7 Å². The molecular formula is C38H51N5O7S. The molecule has 1 heterocycles. The van der Waals surface area contributed by atoms with Gasteiger partial charge in [0, 0.05) is 28.1 Å². The molecule has 1 fully saturated rings. The standard InChI is InChI=1S/C38H51N5O7S/c1-36(2,3)42-35(48)32-37(4,5)51-23-43(32)22-38(6,49)33(46)27(19-24-13-8-7-9-14-24)41-34(47)28(20-30(39)44)40-31(45)21-50-29-18-12-16-25-15-10-11-17-26(25)29/h7-18,27-28,32-33,46,49H,19-23H2,1-6H3,(H2,39,44)(H,40,45)(H,41,47)(H,42,48). The Balaban J connectivity index is 1.51. The van der Waals surface area contributed by atoms with Gasteiger partial charge < -0.3 is 36.6 Å². The van der Waals surface area contributed by atoms with Gasteiger partial charge in [-0.2, -0.15) is 0 Å². The molecule has 1 aliphatic heterocycles. The number of β-amino-alcohol motifs (C(OH)–C–C–N with tert-alkyl or cyclic N) is 1. The number of ether oxygens (including phenoxy) is 1. The van der Waals surface area contributed by atoms with Gasteiger partial charge in [0.1, 0.15) is 29.5 Å². The van der Waals surface area contributed by atoms with Crippen LogP contribution in [0, 0.1) is 0 Å². The van der Waals surface area contributed by atoms with Gasteiger partial charge in [-0.15, -0.1) is 11.8 Å². The number of fused-ring (bicyclic) bond motifs is 1. The Kier molecular flexibility index (Phi) is 12.8. The topological polar surface area (TPSA) is 183 Å². The molecule has 1 aliphatic rings. The summed E-state index contributed by atoms with van der Waals surface area (Å²) < 4.78 is 5.29. The van der Waals surface area contributed by atoms with Crippen LogP contribution in [-0.4, -0.2) is 97.9 Å². The van der Waals surface area contributed by atoms with Gasteiger partial charge in [-0.1, -0.05) is 66.7 Å². The number of carbonyl (C=O) groups is 4. The molecule has 3 aromatic rings. The highest BCUT2D eigenvalue weighted by Crippen LogP contribution is 2.40. The molecule has 13 heteroatoms. The zero-order valence-corrected chi connectivity index (χ0v) is 31.0. The van der Waals surface area contributed by atoms with Crippen LogP contribution in [0.1, 0.15) is 53.5 Å². The van der Waals surface area contributed by atoms with E-state index in [1.807, 2.05) is 100 Å². The predicted molar refractivity (Wildman–Crippen MR) is 199 cm³/mol. The Labute approximate surface area is 303 Å². The van der Waals surface area contributed by atoms with Gasteiger partial charge in [0.15, 0.2) is 6.61 Å². The van der Waals surface area contributed by atoms with E-state index in [9.17, 15) is 29.4 Å². The molecule has 4 amide bonds. The van der Waals surface area contributed by atoms with Crippen molar-refractivity contribution in [3.8, 4) is 5.75 Å². The number of rotatable bonds is 15. The van der Waals surface area contributed by atoms with Crippen LogP contribution in [-0.2, 0) is 25.6 Å². The number of nitrogens with one attached hydrogen (secondary N) is 3. The number of hydrogen-bond acceptors (Lipinski definition) is 9. The van der Waals surface area contributed by atoms with Crippen LogP contribution in [0.3, 0.4) is 0 Å². The highest BCUT2D eigenvalue weighted by Gasteiger charge is 2.50. The van der Waals surface area contributed by atoms with Crippen LogP contribution in [0.15, 0.2) is 72.8 Å².